The number of hydrogen-bond acceptors (Lipinski definition) is 1. The zero-order valence-electron chi connectivity index (χ0n) is 4.45. The lowest BCUT2D eigenvalue weighted by atomic mass is 10.1. The second-order valence-electron chi connectivity index (χ2n) is 2.15. The summed E-state index contributed by atoms with van der Waals surface area (Å²) in [6, 6.07) is 0. The smallest absolute Gasteiger partial charge is 0.116 e. The number of alkyl halides is 1. The van der Waals surface area contributed by atoms with Crippen LogP contribution in [0.2, 0.25) is 0 Å². The molecule has 0 aromatic heterocycles. The van der Waals surface area contributed by atoms with E-state index in [4.69, 9.17) is 0 Å². The number of rotatable bonds is 0. The van der Waals surface area contributed by atoms with E-state index < -0.39 is 6.17 Å². The molecular formula is C5H10FN. The highest BCUT2D eigenvalue weighted by Gasteiger charge is 2.21. The molecule has 0 amide bonds. The lowest BCUT2D eigenvalue weighted by Gasteiger charge is -1.99. The molecular weight excluding hydrogens is 93.1 g/mol. The summed E-state index contributed by atoms with van der Waals surface area (Å²) in [5.41, 5.74) is 0. The standard InChI is InChI=1S/C5H10FN/c1-4-2-7-3-5(4)6/h4-5,7H,2-3H2,1H3/t4-,5+/m0/s1. The van der Waals surface area contributed by atoms with Gasteiger partial charge in [-0.3, -0.25) is 0 Å². The Bertz CT molecular complexity index is 57.1. The summed E-state index contributed by atoms with van der Waals surface area (Å²) >= 11 is 0. The molecule has 0 spiro atoms. The fourth-order valence-corrected chi connectivity index (χ4v) is 0.778. The predicted octanol–water partition coefficient (Wildman–Crippen LogP) is 0.564. The Morgan fingerprint density at radius 1 is 1.57 bits per heavy atom. The Balaban J connectivity index is 2.33. The van der Waals surface area contributed by atoms with Gasteiger partial charge in [-0.2, -0.15) is 0 Å². The molecule has 42 valence electrons. The monoisotopic (exact) mass is 103 g/mol. The lowest BCUT2D eigenvalue weighted by Crippen LogP contribution is -2.08. The quantitative estimate of drug-likeness (QED) is 0.472. The Morgan fingerprint density at radius 2 is 2.29 bits per heavy atom. The summed E-state index contributed by atoms with van der Waals surface area (Å²) < 4.78 is 12.3. The molecule has 1 saturated heterocycles. The van der Waals surface area contributed by atoms with E-state index in [9.17, 15) is 4.39 Å². The summed E-state index contributed by atoms with van der Waals surface area (Å²) in [5, 5.41) is 2.95. The minimum Gasteiger partial charge on any atom is -0.313 e. The molecule has 1 nitrogen and oxygen atoms in total. The normalized spacial score (nSPS) is 42.0. The SMILES string of the molecule is C[C@H]1CNC[C@H]1F. The van der Waals surface area contributed by atoms with E-state index in [1.165, 1.54) is 0 Å². The summed E-state index contributed by atoms with van der Waals surface area (Å²) in [7, 11) is 0. The van der Waals surface area contributed by atoms with E-state index in [1.54, 1.807) is 0 Å². The molecule has 0 aromatic carbocycles. The number of halogens is 1. The topological polar surface area (TPSA) is 12.0 Å². The van der Waals surface area contributed by atoms with Crippen LogP contribution in [0.25, 0.3) is 0 Å². The van der Waals surface area contributed by atoms with Gasteiger partial charge in [0.15, 0.2) is 0 Å². The van der Waals surface area contributed by atoms with Gasteiger partial charge in [0.05, 0.1) is 0 Å². The van der Waals surface area contributed by atoms with E-state index in [-0.39, 0.29) is 5.92 Å². The molecule has 0 bridgehead atoms. The fraction of sp³-hybridized carbons (Fsp3) is 1.00. The van der Waals surface area contributed by atoms with E-state index in [1.807, 2.05) is 6.92 Å². The van der Waals surface area contributed by atoms with Crippen molar-refractivity contribution in [3.05, 3.63) is 0 Å². The molecule has 2 heteroatoms. The van der Waals surface area contributed by atoms with Crippen LogP contribution in [0.5, 0.6) is 0 Å². The molecule has 0 aliphatic carbocycles. The second kappa shape index (κ2) is 1.78. The third kappa shape index (κ3) is 0.911. The summed E-state index contributed by atoms with van der Waals surface area (Å²) in [5.74, 6) is 0.236. The van der Waals surface area contributed by atoms with Gasteiger partial charge in [-0.15, -0.1) is 0 Å². The fourth-order valence-electron chi connectivity index (χ4n) is 0.778. The van der Waals surface area contributed by atoms with Crippen LogP contribution in [0, 0.1) is 5.92 Å². The lowest BCUT2D eigenvalue weighted by molar-refractivity contribution is 0.298. The first-order chi connectivity index (χ1) is 3.30. The zero-order chi connectivity index (χ0) is 5.28. The van der Waals surface area contributed by atoms with Gasteiger partial charge in [0, 0.05) is 19.0 Å². The van der Waals surface area contributed by atoms with Crippen molar-refractivity contribution in [1.29, 1.82) is 0 Å². The average Bonchev–Trinajstić information content (AvgIpc) is 1.91. The van der Waals surface area contributed by atoms with Gasteiger partial charge >= 0.3 is 0 Å². The van der Waals surface area contributed by atoms with E-state index in [0.717, 1.165) is 6.54 Å². The summed E-state index contributed by atoms with van der Waals surface area (Å²) in [6.07, 6.45) is -0.597. The van der Waals surface area contributed by atoms with Gasteiger partial charge in [-0.05, 0) is 0 Å². The summed E-state index contributed by atoms with van der Waals surface area (Å²) in [6.45, 7) is 3.33. The van der Waals surface area contributed by atoms with Gasteiger partial charge in [-0.25, -0.2) is 4.39 Å². The number of hydrogen-bond donors (Lipinski definition) is 1. The maximum Gasteiger partial charge on any atom is 0.116 e. The molecule has 2 atom stereocenters. The van der Waals surface area contributed by atoms with Crippen LogP contribution in [-0.4, -0.2) is 19.3 Å². The van der Waals surface area contributed by atoms with E-state index >= 15 is 0 Å². The van der Waals surface area contributed by atoms with Gasteiger partial charge in [0.25, 0.3) is 0 Å². The highest BCUT2D eigenvalue weighted by molar-refractivity contribution is 4.76. The Labute approximate surface area is 42.9 Å². The van der Waals surface area contributed by atoms with E-state index in [2.05, 4.69) is 5.32 Å². The molecule has 1 rings (SSSR count). The maximum atomic E-state index is 12.3. The Morgan fingerprint density at radius 3 is 2.43 bits per heavy atom. The largest absolute Gasteiger partial charge is 0.313 e. The first kappa shape index (κ1) is 5.04. The minimum atomic E-state index is -0.597. The Kier molecular flexibility index (Phi) is 1.28. The molecule has 1 aliphatic rings. The van der Waals surface area contributed by atoms with Crippen LogP contribution < -0.4 is 5.32 Å². The highest BCUT2D eigenvalue weighted by Crippen LogP contribution is 2.09. The Hall–Kier alpha value is -0.110. The number of nitrogens with one attached hydrogen (secondary N) is 1. The van der Waals surface area contributed by atoms with Crippen molar-refractivity contribution in [3.8, 4) is 0 Å². The van der Waals surface area contributed by atoms with Crippen LogP contribution >= 0.6 is 0 Å². The molecule has 0 radical (unpaired) electrons. The maximum absolute atomic E-state index is 12.3. The molecule has 7 heavy (non-hydrogen) atoms. The van der Waals surface area contributed by atoms with Crippen molar-refractivity contribution < 1.29 is 4.39 Å². The third-order valence-electron chi connectivity index (χ3n) is 1.42. The predicted molar refractivity (Wildman–Crippen MR) is 26.9 cm³/mol. The molecule has 1 fully saturated rings. The van der Waals surface area contributed by atoms with Crippen molar-refractivity contribution >= 4 is 0 Å². The van der Waals surface area contributed by atoms with Gasteiger partial charge in [0.2, 0.25) is 0 Å². The van der Waals surface area contributed by atoms with Crippen molar-refractivity contribution in [3.63, 3.8) is 0 Å². The van der Waals surface area contributed by atoms with E-state index in [0.29, 0.717) is 6.54 Å². The van der Waals surface area contributed by atoms with Crippen LogP contribution in [0.3, 0.4) is 0 Å². The van der Waals surface area contributed by atoms with Crippen LogP contribution in [0.4, 0.5) is 4.39 Å². The van der Waals surface area contributed by atoms with Crippen molar-refractivity contribution in [2.75, 3.05) is 13.1 Å². The molecule has 1 heterocycles. The molecule has 1 aliphatic heterocycles. The molecule has 0 unspecified atom stereocenters. The first-order valence-electron chi connectivity index (χ1n) is 2.65. The van der Waals surface area contributed by atoms with Crippen molar-refractivity contribution in [2.45, 2.75) is 13.1 Å². The second-order valence-corrected chi connectivity index (χ2v) is 2.15. The minimum absolute atomic E-state index is 0.236. The molecule has 0 aromatic rings. The molecule has 0 saturated carbocycles. The van der Waals surface area contributed by atoms with Gasteiger partial charge in [0.1, 0.15) is 6.17 Å². The van der Waals surface area contributed by atoms with Gasteiger partial charge in [-0.1, -0.05) is 6.92 Å². The average molecular weight is 103 g/mol. The van der Waals surface area contributed by atoms with Crippen molar-refractivity contribution in [2.24, 2.45) is 5.92 Å². The zero-order valence-corrected chi connectivity index (χ0v) is 4.45. The molecule has 1 N–H and O–H groups in total. The van der Waals surface area contributed by atoms with Gasteiger partial charge < -0.3 is 5.32 Å². The third-order valence-corrected chi connectivity index (χ3v) is 1.42. The van der Waals surface area contributed by atoms with Crippen molar-refractivity contribution in [1.82, 2.24) is 5.32 Å². The first-order valence-corrected chi connectivity index (χ1v) is 2.65. The highest BCUT2D eigenvalue weighted by atomic mass is 19.1. The van der Waals surface area contributed by atoms with Crippen LogP contribution in [-0.2, 0) is 0 Å². The summed E-state index contributed by atoms with van der Waals surface area (Å²) in [4.78, 5) is 0. The van der Waals surface area contributed by atoms with Crippen LogP contribution in [0.15, 0.2) is 0 Å². The van der Waals surface area contributed by atoms with Crippen LogP contribution in [0.1, 0.15) is 6.92 Å².